The Balaban J connectivity index is 1.09. The van der Waals surface area contributed by atoms with E-state index in [1.54, 1.807) is 17.7 Å². The number of aromatic amines is 1. The zero-order valence-electron chi connectivity index (χ0n) is 23.3. The van der Waals surface area contributed by atoms with Crippen LogP contribution in [0.2, 0.25) is 0 Å². The van der Waals surface area contributed by atoms with Crippen LogP contribution in [-0.2, 0) is 4.74 Å². The second-order valence-electron chi connectivity index (χ2n) is 12.2. The quantitative estimate of drug-likeness (QED) is 0.352. The first-order valence-corrected chi connectivity index (χ1v) is 15.3. The number of hydrogen-bond donors (Lipinski definition) is 1. The number of hydrogen-bond acceptors (Lipinski definition) is 6. The summed E-state index contributed by atoms with van der Waals surface area (Å²) in [5.74, 6) is 0.458. The number of carbonyl (C=O) groups is 1. The number of ether oxygens (including phenoxy) is 1. The Morgan fingerprint density at radius 3 is 2.59 bits per heavy atom. The summed E-state index contributed by atoms with van der Waals surface area (Å²) < 4.78 is 9.07. The lowest BCUT2D eigenvalue weighted by molar-refractivity contribution is -0.0594. The maximum Gasteiger partial charge on any atom is 0.264 e. The Kier molecular flexibility index (Phi) is 6.28. The highest BCUT2D eigenvalue weighted by atomic mass is 32.1. The van der Waals surface area contributed by atoms with Gasteiger partial charge in [-0.15, -0.1) is 11.3 Å². The van der Waals surface area contributed by atoms with E-state index in [-0.39, 0.29) is 5.91 Å². The SMILES string of the molecule is Cc1cc(-c2[nH]c3cc(C(=O)N(C)C4CCC(N5CC6CCC(C5)O6)CC4)sc3c2C(C)C)cn2ncnc12. The largest absolute Gasteiger partial charge is 0.372 e. The molecule has 2 bridgehead atoms. The molecule has 0 radical (unpaired) electrons. The van der Waals surface area contributed by atoms with E-state index in [4.69, 9.17) is 4.74 Å². The number of nitrogens with one attached hydrogen (secondary N) is 1. The number of nitrogens with zero attached hydrogens (tertiary/aromatic N) is 5. The number of H-pyrrole nitrogens is 1. The molecule has 1 saturated carbocycles. The molecule has 0 spiro atoms. The number of aryl methyl sites for hydroxylation is 1. The molecule has 1 amide bonds. The first-order valence-electron chi connectivity index (χ1n) is 14.5. The zero-order valence-corrected chi connectivity index (χ0v) is 24.1. The third kappa shape index (κ3) is 4.39. The minimum absolute atomic E-state index is 0.147. The molecule has 4 aromatic rings. The van der Waals surface area contributed by atoms with Crippen LogP contribution in [0.5, 0.6) is 0 Å². The normalized spacial score (nSPS) is 25.8. The van der Waals surface area contributed by atoms with Crippen LogP contribution in [-0.4, -0.2) is 79.7 Å². The first-order chi connectivity index (χ1) is 18.9. The lowest BCUT2D eigenvalue weighted by atomic mass is 9.89. The number of morpholine rings is 1. The van der Waals surface area contributed by atoms with Crippen molar-refractivity contribution in [3.8, 4) is 11.3 Å². The van der Waals surface area contributed by atoms with E-state index < -0.39 is 0 Å². The van der Waals surface area contributed by atoms with Crippen molar-refractivity contribution in [2.24, 2.45) is 0 Å². The Bertz CT molecular complexity index is 1520. The number of rotatable bonds is 5. The van der Waals surface area contributed by atoms with Crippen molar-refractivity contribution in [1.82, 2.24) is 29.4 Å². The van der Waals surface area contributed by atoms with Crippen LogP contribution in [0.3, 0.4) is 0 Å². The monoisotopic (exact) mass is 546 g/mol. The molecule has 206 valence electrons. The summed E-state index contributed by atoms with van der Waals surface area (Å²) >= 11 is 1.63. The molecule has 1 aliphatic carbocycles. The minimum Gasteiger partial charge on any atom is -0.372 e. The van der Waals surface area contributed by atoms with Crippen LogP contribution in [0.15, 0.2) is 24.7 Å². The molecule has 39 heavy (non-hydrogen) atoms. The van der Waals surface area contributed by atoms with Crippen LogP contribution in [0.4, 0.5) is 0 Å². The van der Waals surface area contributed by atoms with E-state index in [2.05, 4.69) is 52.9 Å². The van der Waals surface area contributed by atoms with Crippen LogP contribution >= 0.6 is 11.3 Å². The Morgan fingerprint density at radius 1 is 1.13 bits per heavy atom. The van der Waals surface area contributed by atoms with Gasteiger partial charge in [0.25, 0.3) is 5.91 Å². The van der Waals surface area contributed by atoms with Gasteiger partial charge in [-0.25, -0.2) is 9.50 Å². The summed E-state index contributed by atoms with van der Waals surface area (Å²) in [6.45, 7) is 8.69. The number of aromatic nitrogens is 4. The van der Waals surface area contributed by atoms with Gasteiger partial charge in [0.05, 0.1) is 33.0 Å². The maximum atomic E-state index is 13.7. The lowest BCUT2D eigenvalue weighted by Crippen LogP contribution is -2.50. The Labute approximate surface area is 233 Å². The summed E-state index contributed by atoms with van der Waals surface area (Å²) in [6, 6.07) is 5.18. The van der Waals surface area contributed by atoms with Gasteiger partial charge < -0.3 is 14.6 Å². The highest BCUT2D eigenvalue weighted by Gasteiger charge is 2.38. The van der Waals surface area contributed by atoms with Gasteiger partial charge in [-0.2, -0.15) is 5.10 Å². The van der Waals surface area contributed by atoms with Crippen LogP contribution in [0, 0.1) is 6.92 Å². The number of likely N-dealkylation sites (tertiary alicyclic amines) is 1. The Hall–Kier alpha value is -2.75. The third-order valence-corrected chi connectivity index (χ3v) is 10.4. The summed E-state index contributed by atoms with van der Waals surface area (Å²) in [4.78, 5) is 27.2. The number of thiophene rings is 1. The number of pyridine rings is 1. The number of amides is 1. The predicted molar refractivity (Wildman–Crippen MR) is 155 cm³/mol. The Morgan fingerprint density at radius 2 is 1.87 bits per heavy atom. The number of fused-ring (bicyclic) bond motifs is 4. The molecule has 7 rings (SSSR count). The summed E-state index contributed by atoms with van der Waals surface area (Å²) in [7, 11) is 2.00. The summed E-state index contributed by atoms with van der Waals surface area (Å²) in [5, 5.41) is 4.36. The molecule has 2 saturated heterocycles. The third-order valence-electron chi connectivity index (χ3n) is 9.26. The van der Waals surface area contributed by atoms with Crippen molar-refractivity contribution < 1.29 is 9.53 Å². The highest BCUT2D eigenvalue weighted by molar-refractivity contribution is 7.21. The molecule has 3 fully saturated rings. The van der Waals surface area contributed by atoms with E-state index in [0.29, 0.717) is 30.2 Å². The second-order valence-corrected chi connectivity index (χ2v) is 13.2. The van der Waals surface area contributed by atoms with Crippen molar-refractivity contribution in [2.75, 3.05) is 20.1 Å². The molecule has 1 N–H and O–H groups in total. The molecule has 3 aliphatic rings. The van der Waals surface area contributed by atoms with E-state index in [1.165, 1.54) is 35.9 Å². The molecule has 0 aromatic carbocycles. The fourth-order valence-corrected chi connectivity index (χ4v) is 8.50. The molecule has 8 nitrogen and oxygen atoms in total. The molecule has 2 unspecified atom stereocenters. The van der Waals surface area contributed by atoms with Gasteiger partial charge in [0.2, 0.25) is 0 Å². The summed E-state index contributed by atoms with van der Waals surface area (Å²) in [6.07, 6.45) is 11.5. The molecular weight excluding hydrogens is 508 g/mol. The smallest absolute Gasteiger partial charge is 0.264 e. The lowest BCUT2D eigenvalue weighted by Gasteiger charge is -2.42. The van der Waals surface area contributed by atoms with Crippen molar-refractivity contribution in [3.05, 3.63) is 40.7 Å². The van der Waals surface area contributed by atoms with E-state index in [9.17, 15) is 4.79 Å². The van der Waals surface area contributed by atoms with Crippen LogP contribution in [0.25, 0.3) is 27.1 Å². The van der Waals surface area contributed by atoms with Gasteiger partial charge in [0, 0.05) is 44.0 Å². The van der Waals surface area contributed by atoms with Crippen molar-refractivity contribution in [3.63, 3.8) is 0 Å². The van der Waals surface area contributed by atoms with Gasteiger partial charge in [0.15, 0.2) is 5.65 Å². The standard InChI is InChI=1S/C30H38N6O2S/c1-17(2)26-27(19-11-18(3)29-31-16-32-36(29)13-19)33-24-12-25(39-28(24)26)30(37)34(4)20-5-7-21(8-6-20)35-14-22-9-10-23(15-35)38-22/h11-13,16-17,20-23,33H,5-10,14-15H2,1-4H3. The van der Waals surface area contributed by atoms with Gasteiger partial charge in [0.1, 0.15) is 6.33 Å². The molecule has 6 heterocycles. The number of carbonyl (C=O) groups excluding carboxylic acids is 1. The van der Waals surface area contributed by atoms with E-state index >= 15 is 0 Å². The fourth-order valence-electron chi connectivity index (χ4n) is 7.21. The van der Waals surface area contributed by atoms with Crippen LogP contribution < -0.4 is 0 Å². The second kappa shape index (κ2) is 9.71. The van der Waals surface area contributed by atoms with E-state index in [0.717, 1.165) is 58.8 Å². The molecule has 2 aliphatic heterocycles. The van der Waals surface area contributed by atoms with Gasteiger partial charge in [-0.3, -0.25) is 9.69 Å². The molecule has 4 aromatic heterocycles. The van der Waals surface area contributed by atoms with Crippen molar-refractivity contribution >= 4 is 33.1 Å². The zero-order chi connectivity index (χ0) is 26.8. The highest BCUT2D eigenvalue weighted by Crippen LogP contribution is 2.41. The van der Waals surface area contributed by atoms with Gasteiger partial charge in [-0.1, -0.05) is 13.8 Å². The fraction of sp³-hybridized carbons (Fsp3) is 0.567. The molecular formula is C30H38N6O2S. The molecule has 9 heteroatoms. The average Bonchev–Trinajstić information content (AvgIpc) is 3.70. The summed E-state index contributed by atoms with van der Waals surface area (Å²) in [5.41, 5.74) is 6.46. The van der Waals surface area contributed by atoms with Gasteiger partial charge >= 0.3 is 0 Å². The predicted octanol–water partition coefficient (Wildman–Crippen LogP) is 5.62. The topological polar surface area (TPSA) is 78.8 Å². The molecule has 2 atom stereocenters. The first kappa shape index (κ1) is 25.2. The maximum absolute atomic E-state index is 13.7. The van der Waals surface area contributed by atoms with Gasteiger partial charge in [-0.05, 0) is 74.6 Å². The van der Waals surface area contributed by atoms with Crippen LogP contribution in [0.1, 0.15) is 79.1 Å². The minimum atomic E-state index is 0.147. The van der Waals surface area contributed by atoms with Crippen molar-refractivity contribution in [2.45, 2.75) is 89.5 Å². The van der Waals surface area contributed by atoms with E-state index in [1.807, 2.05) is 22.7 Å². The average molecular weight is 547 g/mol. The van der Waals surface area contributed by atoms with Crippen molar-refractivity contribution in [1.29, 1.82) is 0 Å².